The van der Waals surface area contributed by atoms with E-state index in [-0.39, 0.29) is 5.91 Å². The highest BCUT2D eigenvalue weighted by Gasteiger charge is 2.30. The van der Waals surface area contributed by atoms with Gasteiger partial charge in [-0.15, -0.1) is 15.3 Å². The molecule has 0 bridgehead atoms. The van der Waals surface area contributed by atoms with Crippen molar-refractivity contribution in [2.24, 2.45) is 0 Å². The van der Waals surface area contributed by atoms with Crippen molar-refractivity contribution in [3.05, 3.63) is 35.0 Å². The minimum atomic E-state index is -0.223. The SMILES string of the molecule is O=C(NCc1ccco1)c1nn2c(C3CC3)nnc2s1. The van der Waals surface area contributed by atoms with Gasteiger partial charge in [-0.25, -0.2) is 0 Å². The Morgan fingerprint density at radius 3 is 3.15 bits per heavy atom. The molecule has 1 saturated carbocycles. The van der Waals surface area contributed by atoms with E-state index in [4.69, 9.17) is 4.42 Å². The summed E-state index contributed by atoms with van der Waals surface area (Å²) in [5.41, 5.74) is 0. The highest BCUT2D eigenvalue weighted by atomic mass is 32.1. The second kappa shape index (κ2) is 4.41. The quantitative estimate of drug-likeness (QED) is 0.788. The fourth-order valence-corrected chi connectivity index (χ4v) is 2.74. The fourth-order valence-electron chi connectivity index (χ4n) is 1.98. The number of nitrogens with one attached hydrogen (secondary N) is 1. The summed E-state index contributed by atoms with van der Waals surface area (Å²) in [5, 5.41) is 15.6. The molecule has 4 rings (SSSR count). The van der Waals surface area contributed by atoms with Gasteiger partial charge in [0.15, 0.2) is 5.82 Å². The summed E-state index contributed by atoms with van der Waals surface area (Å²) in [5.74, 6) is 1.80. The van der Waals surface area contributed by atoms with Crippen LogP contribution in [-0.4, -0.2) is 25.7 Å². The molecule has 1 fully saturated rings. The van der Waals surface area contributed by atoms with Gasteiger partial charge in [0.05, 0.1) is 12.8 Å². The van der Waals surface area contributed by atoms with Crippen molar-refractivity contribution in [2.45, 2.75) is 25.3 Å². The second-order valence-corrected chi connectivity index (χ2v) is 5.65. The highest BCUT2D eigenvalue weighted by Crippen LogP contribution is 2.39. The van der Waals surface area contributed by atoms with E-state index < -0.39 is 0 Å². The first-order chi connectivity index (χ1) is 9.81. The summed E-state index contributed by atoms with van der Waals surface area (Å²) >= 11 is 1.24. The molecular formula is C12H11N5O2S. The van der Waals surface area contributed by atoms with Crippen LogP contribution in [0.5, 0.6) is 0 Å². The van der Waals surface area contributed by atoms with E-state index in [1.165, 1.54) is 11.3 Å². The Kier molecular flexibility index (Phi) is 2.56. The average Bonchev–Trinajstić information content (AvgIpc) is 2.91. The van der Waals surface area contributed by atoms with Crippen molar-refractivity contribution in [3.63, 3.8) is 0 Å². The Bertz CT molecular complexity index is 756. The van der Waals surface area contributed by atoms with Crippen LogP contribution in [0.25, 0.3) is 4.96 Å². The second-order valence-electron chi connectivity index (χ2n) is 4.70. The van der Waals surface area contributed by atoms with Gasteiger partial charge in [0.1, 0.15) is 5.76 Å². The lowest BCUT2D eigenvalue weighted by Crippen LogP contribution is -2.22. The van der Waals surface area contributed by atoms with E-state index in [1.807, 2.05) is 6.07 Å². The van der Waals surface area contributed by atoms with E-state index in [9.17, 15) is 4.79 Å². The Balaban J connectivity index is 1.53. The molecule has 0 unspecified atom stereocenters. The molecule has 0 radical (unpaired) electrons. The van der Waals surface area contributed by atoms with Gasteiger partial charge in [-0.3, -0.25) is 4.79 Å². The number of rotatable bonds is 4. The molecule has 0 atom stereocenters. The molecule has 20 heavy (non-hydrogen) atoms. The molecule has 7 nitrogen and oxygen atoms in total. The van der Waals surface area contributed by atoms with Crippen LogP contribution >= 0.6 is 11.3 Å². The number of aromatic nitrogens is 4. The Morgan fingerprint density at radius 1 is 1.50 bits per heavy atom. The number of carbonyl (C=O) groups is 1. The zero-order chi connectivity index (χ0) is 13.5. The topological polar surface area (TPSA) is 85.3 Å². The molecule has 0 aliphatic heterocycles. The highest BCUT2D eigenvalue weighted by molar-refractivity contribution is 7.18. The maximum atomic E-state index is 12.0. The molecule has 0 saturated heterocycles. The monoisotopic (exact) mass is 289 g/mol. The zero-order valence-electron chi connectivity index (χ0n) is 10.4. The van der Waals surface area contributed by atoms with Crippen LogP contribution in [-0.2, 0) is 6.54 Å². The Hall–Kier alpha value is -2.22. The van der Waals surface area contributed by atoms with E-state index in [0.717, 1.165) is 18.7 Å². The van der Waals surface area contributed by atoms with Crippen LogP contribution in [0.1, 0.15) is 40.1 Å². The number of hydrogen-bond acceptors (Lipinski definition) is 6. The van der Waals surface area contributed by atoms with Crippen LogP contribution in [0.2, 0.25) is 0 Å². The predicted molar refractivity (Wildman–Crippen MR) is 70.5 cm³/mol. The first-order valence-corrected chi connectivity index (χ1v) is 7.15. The number of nitrogens with zero attached hydrogens (tertiary/aromatic N) is 4. The third-order valence-corrected chi connectivity index (χ3v) is 4.05. The fraction of sp³-hybridized carbons (Fsp3) is 0.333. The third-order valence-electron chi connectivity index (χ3n) is 3.16. The van der Waals surface area contributed by atoms with Gasteiger partial charge in [-0.05, 0) is 25.0 Å². The summed E-state index contributed by atoms with van der Waals surface area (Å²) in [7, 11) is 0. The van der Waals surface area contributed by atoms with Gasteiger partial charge in [-0.2, -0.15) is 4.52 Å². The summed E-state index contributed by atoms with van der Waals surface area (Å²) < 4.78 is 6.85. The van der Waals surface area contributed by atoms with Crippen LogP contribution in [0.4, 0.5) is 0 Å². The van der Waals surface area contributed by atoms with Gasteiger partial charge < -0.3 is 9.73 Å². The smallest absolute Gasteiger partial charge is 0.282 e. The number of carbonyl (C=O) groups excluding carboxylic acids is 1. The summed E-state index contributed by atoms with van der Waals surface area (Å²) in [4.78, 5) is 12.7. The van der Waals surface area contributed by atoms with Crippen LogP contribution in [0.3, 0.4) is 0 Å². The predicted octanol–water partition coefficient (Wildman–Crippen LogP) is 1.59. The normalized spacial score (nSPS) is 14.8. The van der Waals surface area contributed by atoms with Gasteiger partial charge in [0.2, 0.25) is 9.97 Å². The number of furan rings is 1. The maximum Gasteiger partial charge on any atom is 0.282 e. The number of amides is 1. The summed E-state index contributed by atoms with van der Waals surface area (Å²) in [6.45, 7) is 0.349. The van der Waals surface area contributed by atoms with Gasteiger partial charge in [0.25, 0.3) is 5.91 Å². The molecule has 1 N–H and O–H groups in total. The minimum absolute atomic E-state index is 0.223. The lowest BCUT2D eigenvalue weighted by atomic mass is 10.4. The number of hydrogen-bond donors (Lipinski definition) is 1. The van der Waals surface area contributed by atoms with Gasteiger partial charge in [0, 0.05) is 5.92 Å². The maximum absolute atomic E-state index is 12.0. The van der Waals surface area contributed by atoms with Crippen molar-refractivity contribution in [1.29, 1.82) is 0 Å². The number of fused-ring (bicyclic) bond motifs is 1. The summed E-state index contributed by atoms with van der Waals surface area (Å²) in [6, 6.07) is 3.59. The van der Waals surface area contributed by atoms with Gasteiger partial charge >= 0.3 is 0 Å². The largest absolute Gasteiger partial charge is 0.467 e. The molecule has 3 aromatic heterocycles. The molecule has 8 heteroatoms. The summed E-state index contributed by atoms with van der Waals surface area (Å²) in [6.07, 6.45) is 3.82. The Labute approximate surface area is 117 Å². The van der Waals surface area contributed by atoms with Crippen LogP contribution in [0, 0.1) is 0 Å². The van der Waals surface area contributed by atoms with E-state index in [0.29, 0.717) is 28.2 Å². The lowest BCUT2D eigenvalue weighted by Gasteiger charge is -1.98. The van der Waals surface area contributed by atoms with Gasteiger partial charge in [-0.1, -0.05) is 11.3 Å². The van der Waals surface area contributed by atoms with Crippen LogP contribution < -0.4 is 5.32 Å². The molecule has 1 aliphatic carbocycles. The minimum Gasteiger partial charge on any atom is -0.467 e. The first-order valence-electron chi connectivity index (χ1n) is 6.34. The molecule has 102 valence electrons. The van der Waals surface area contributed by atoms with E-state index in [1.54, 1.807) is 16.8 Å². The molecule has 0 spiro atoms. The Morgan fingerprint density at radius 2 is 2.40 bits per heavy atom. The van der Waals surface area contributed by atoms with E-state index in [2.05, 4.69) is 20.6 Å². The van der Waals surface area contributed by atoms with Crippen molar-refractivity contribution in [3.8, 4) is 0 Å². The average molecular weight is 289 g/mol. The molecule has 3 aromatic rings. The van der Waals surface area contributed by atoms with Crippen molar-refractivity contribution < 1.29 is 9.21 Å². The first kappa shape index (κ1) is 11.6. The third kappa shape index (κ3) is 1.97. The lowest BCUT2D eigenvalue weighted by molar-refractivity contribution is 0.0946. The molecule has 0 aromatic carbocycles. The van der Waals surface area contributed by atoms with Crippen molar-refractivity contribution in [2.75, 3.05) is 0 Å². The standard InChI is InChI=1S/C12H11N5O2S/c18-10(13-6-8-2-1-5-19-8)11-16-17-9(7-3-4-7)14-15-12(17)20-11/h1-2,5,7H,3-4,6H2,(H,13,18). The molecule has 1 amide bonds. The molecule has 1 aliphatic rings. The zero-order valence-corrected chi connectivity index (χ0v) is 11.3. The molecule has 3 heterocycles. The van der Waals surface area contributed by atoms with E-state index >= 15 is 0 Å². The molecular weight excluding hydrogens is 278 g/mol. The van der Waals surface area contributed by atoms with Crippen LogP contribution in [0.15, 0.2) is 22.8 Å². The van der Waals surface area contributed by atoms with Crippen molar-refractivity contribution in [1.82, 2.24) is 25.1 Å². The van der Waals surface area contributed by atoms with Crippen molar-refractivity contribution >= 4 is 22.2 Å².